The Morgan fingerprint density at radius 3 is 1.58 bits per heavy atom. The molecule has 2 aliphatic rings. The molecule has 2 heterocycles. The van der Waals surface area contributed by atoms with Crippen molar-refractivity contribution in [1.82, 2.24) is 19.9 Å². The number of benzene rings is 1. The highest BCUT2D eigenvalue weighted by Crippen LogP contribution is 2.38. The Morgan fingerprint density at radius 2 is 1.17 bits per heavy atom. The molecular formula is C26H10F2N8. The van der Waals surface area contributed by atoms with Gasteiger partial charge in [-0.2, -0.15) is 20.2 Å². The fourth-order valence-corrected chi connectivity index (χ4v) is 4.55. The topological polar surface area (TPSA) is 108 Å². The Labute approximate surface area is 202 Å². The molecule has 0 bridgehead atoms. The highest BCUT2D eigenvalue weighted by molar-refractivity contribution is 5.87. The lowest BCUT2D eigenvalue weighted by Gasteiger charge is -2.13. The molecule has 8 nitrogen and oxygen atoms in total. The Balaban J connectivity index is 2.08. The van der Waals surface area contributed by atoms with Crippen molar-refractivity contribution in [1.29, 1.82) is 10.5 Å². The Bertz CT molecular complexity index is 1660. The quantitative estimate of drug-likeness (QED) is 0.419. The van der Waals surface area contributed by atoms with Crippen molar-refractivity contribution in [3.05, 3.63) is 104 Å². The van der Waals surface area contributed by atoms with E-state index in [1.54, 1.807) is 24.3 Å². The summed E-state index contributed by atoms with van der Waals surface area (Å²) in [6, 6.07) is 6.58. The molecule has 1 aromatic carbocycles. The summed E-state index contributed by atoms with van der Waals surface area (Å²) in [5.41, 5.74) is 0.209. The largest absolute Gasteiger partial charge is 0.525 e. The molecule has 0 atom stereocenters. The Hall–Kier alpha value is -5.58. The number of rotatable bonds is 2. The zero-order valence-electron chi connectivity index (χ0n) is 18.2. The second-order valence-electron chi connectivity index (χ2n) is 7.69. The summed E-state index contributed by atoms with van der Waals surface area (Å²) in [5, 5.41) is 18.9. The molecule has 2 aliphatic carbocycles. The first kappa shape index (κ1) is 22.2. The number of hydrogen-bond acceptors (Lipinski definition) is 6. The predicted molar refractivity (Wildman–Crippen MR) is 123 cm³/mol. The zero-order chi connectivity index (χ0) is 25.4. The summed E-state index contributed by atoms with van der Waals surface area (Å²) in [6.07, 6.45) is 5.42. The van der Waals surface area contributed by atoms with Crippen LogP contribution in [0.15, 0.2) is 59.5 Å². The summed E-state index contributed by atoms with van der Waals surface area (Å²) in [4.78, 5) is 23.3. The van der Waals surface area contributed by atoms with Crippen LogP contribution in [0, 0.1) is 35.8 Å². The van der Waals surface area contributed by atoms with Gasteiger partial charge in [-0.25, -0.2) is 28.7 Å². The van der Waals surface area contributed by atoms with Crippen molar-refractivity contribution in [2.75, 3.05) is 0 Å². The minimum Gasteiger partial charge on any atom is -0.237 e. The first-order valence-corrected chi connectivity index (χ1v) is 10.4. The van der Waals surface area contributed by atoms with E-state index in [4.69, 9.17) is 13.1 Å². The van der Waals surface area contributed by atoms with Crippen molar-refractivity contribution in [2.24, 2.45) is 0 Å². The van der Waals surface area contributed by atoms with Gasteiger partial charge in [0.05, 0.1) is 5.57 Å². The van der Waals surface area contributed by atoms with E-state index in [1.165, 1.54) is 24.8 Å². The van der Waals surface area contributed by atoms with Crippen LogP contribution in [0.25, 0.3) is 44.1 Å². The number of fused-ring (bicyclic) bond motifs is 2. The first-order chi connectivity index (χ1) is 17.5. The second-order valence-corrected chi connectivity index (χ2v) is 7.69. The fourth-order valence-electron chi connectivity index (χ4n) is 4.55. The van der Waals surface area contributed by atoms with Gasteiger partial charge in [0.1, 0.15) is 42.5 Å². The number of nitrogens with zero attached hydrogens (tertiary/aromatic N) is 8. The Morgan fingerprint density at radius 1 is 0.750 bits per heavy atom. The van der Waals surface area contributed by atoms with Gasteiger partial charge in [-0.05, 0) is 23.3 Å². The van der Waals surface area contributed by atoms with Crippen molar-refractivity contribution < 1.29 is 8.78 Å². The smallest absolute Gasteiger partial charge is 0.237 e. The minimum absolute atomic E-state index is 0.0154. The molecule has 0 fully saturated rings. The fraction of sp³-hybridized carbons (Fsp3) is 0.0769. The lowest BCUT2D eigenvalue weighted by molar-refractivity contribution is 0.751. The number of hydrogen-bond donors (Lipinski definition) is 0. The van der Waals surface area contributed by atoms with E-state index in [2.05, 4.69) is 29.6 Å². The SMILES string of the molecule is [C-]#[N+]C([N+]#[C-])=C1Cc2c(-c3ncccn3)c3c(c(-c4ncccn4)c2=C1F)CC(=C(C#N)C#N)C=3F. The third-order valence-corrected chi connectivity index (χ3v) is 5.97. The summed E-state index contributed by atoms with van der Waals surface area (Å²) in [7, 11) is 0. The van der Waals surface area contributed by atoms with Gasteiger partial charge < -0.3 is 0 Å². The number of allylic oxidation sites excluding steroid dienone is 3. The summed E-state index contributed by atoms with van der Waals surface area (Å²) < 4.78 is 32.1. The van der Waals surface area contributed by atoms with Gasteiger partial charge >= 0.3 is 5.82 Å². The van der Waals surface area contributed by atoms with Gasteiger partial charge in [-0.15, -0.1) is 0 Å². The van der Waals surface area contributed by atoms with Crippen LogP contribution in [0.4, 0.5) is 8.78 Å². The summed E-state index contributed by atoms with van der Waals surface area (Å²) in [6.45, 7) is 14.7. The number of halogens is 2. The Kier molecular flexibility index (Phi) is 5.34. The van der Waals surface area contributed by atoms with Crippen molar-refractivity contribution in [2.45, 2.75) is 12.8 Å². The van der Waals surface area contributed by atoms with Gasteiger partial charge in [-0.1, -0.05) is 0 Å². The van der Waals surface area contributed by atoms with Crippen LogP contribution in [0.1, 0.15) is 11.1 Å². The van der Waals surface area contributed by atoms with Crippen LogP contribution < -0.4 is 10.4 Å². The molecule has 0 saturated carbocycles. The molecule has 36 heavy (non-hydrogen) atoms. The van der Waals surface area contributed by atoms with Crippen molar-refractivity contribution in [3.8, 4) is 34.9 Å². The van der Waals surface area contributed by atoms with Gasteiger partial charge in [0.2, 0.25) is 0 Å². The average Bonchev–Trinajstić information content (AvgIpc) is 3.43. The van der Waals surface area contributed by atoms with Gasteiger partial charge in [0.25, 0.3) is 0 Å². The van der Waals surface area contributed by atoms with Crippen LogP contribution in [-0.4, -0.2) is 19.9 Å². The summed E-state index contributed by atoms with van der Waals surface area (Å²) in [5.74, 6) is -1.88. The van der Waals surface area contributed by atoms with Crippen LogP contribution in [0.2, 0.25) is 0 Å². The van der Waals surface area contributed by atoms with E-state index in [9.17, 15) is 10.5 Å². The maximum atomic E-state index is 16.1. The lowest BCUT2D eigenvalue weighted by Crippen LogP contribution is -2.25. The number of aromatic nitrogens is 4. The molecule has 0 N–H and O–H groups in total. The minimum atomic E-state index is -0.820. The van der Waals surface area contributed by atoms with E-state index >= 15 is 8.78 Å². The molecule has 10 heteroatoms. The molecule has 0 spiro atoms. The van der Waals surface area contributed by atoms with E-state index in [0.29, 0.717) is 0 Å². The standard InChI is InChI=1S/C26H10F2N8/c1-31-24(32-2)17-10-16-19(23(17)28)20(25-33-5-3-6-34-25)15-9-14(13(11-29)12-30)22(27)18(15)21(16)26-35-7-4-8-36-26/h3-8H,9-10H2. The molecular weight excluding hydrogens is 462 g/mol. The molecule has 3 aromatic rings. The molecule has 0 radical (unpaired) electrons. The average molecular weight is 472 g/mol. The van der Waals surface area contributed by atoms with Crippen LogP contribution >= 0.6 is 0 Å². The monoisotopic (exact) mass is 472 g/mol. The zero-order valence-corrected chi connectivity index (χ0v) is 18.2. The molecule has 0 aliphatic heterocycles. The van der Waals surface area contributed by atoms with Gasteiger partial charge in [0.15, 0.2) is 11.6 Å². The normalized spacial score (nSPS) is 13.3. The highest BCUT2D eigenvalue weighted by Gasteiger charge is 2.37. The lowest BCUT2D eigenvalue weighted by atomic mass is 9.92. The van der Waals surface area contributed by atoms with E-state index in [1.807, 2.05) is 0 Å². The third-order valence-electron chi connectivity index (χ3n) is 5.97. The maximum Gasteiger partial charge on any atom is 0.525 e. The van der Waals surface area contributed by atoms with Crippen LogP contribution in [0.5, 0.6) is 0 Å². The van der Waals surface area contributed by atoms with Crippen LogP contribution in [-0.2, 0) is 12.8 Å². The molecule has 0 unspecified atom stereocenters. The van der Waals surface area contributed by atoms with Gasteiger partial charge in [0, 0.05) is 64.8 Å². The van der Waals surface area contributed by atoms with E-state index in [-0.39, 0.29) is 68.3 Å². The van der Waals surface area contributed by atoms with Crippen molar-refractivity contribution >= 4 is 11.7 Å². The highest BCUT2D eigenvalue weighted by atomic mass is 19.1. The van der Waals surface area contributed by atoms with E-state index < -0.39 is 23.0 Å². The van der Waals surface area contributed by atoms with Gasteiger partial charge in [-0.3, -0.25) is 0 Å². The molecule has 0 amide bonds. The predicted octanol–water partition coefficient (Wildman–Crippen LogP) is 3.26. The second kappa shape index (κ2) is 8.65. The van der Waals surface area contributed by atoms with Crippen molar-refractivity contribution in [3.63, 3.8) is 0 Å². The summed E-state index contributed by atoms with van der Waals surface area (Å²) >= 11 is 0. The molecule has 0 saturated heterocycles. The third kappa shape index (κ3) is 3.15. The van der Waals surface area contributed by atoms with E-state index in [0.717, 1.165) is 0 Å². The molecule has 5 rings (SSSR count). The molecule has 168 valence electrons. The number of nitriles is 2. The first-order valence-electron chi connectivity index (χ1n) is 10.4. The molecule has 2 aromatic heterocycles. The maximum absolute atomic E-state index is 16.1. The van der Waals surface area contributed by atoms with Crippen LogP contribution in [0.3, 0.4) is 0 Å².